The lowest BCUT2D eigenvalue weighted by Crippen LogP contribution is -2.12. The average Bonchev–Trinajstić information content (AvgIpc) is 2.21. The van der Waals surface area contributed by atoms with E-state index < -0.39 is 0 Å². The molecule has 0 spiro atoms. The summed E-state index contributed by atoms with van der Waals surface area (Å²) in [6.45, 7) is 0.604. The van der Waals surface area contributed by atoms with Gasteiger partial charge in [0.1, 0.15) is 0 Å². The maximum absolute atomic E-state index is 9.36. The molecular formula is C10H15Cl3N2O. The van der Waals surface area contributed by atoms with Crippen LogP contribution in [0.2, 0.25) is 10.0 Å². The van der Waals surface area contributed by atoms with E-state index in [9.17, 15) is 5.11 Å². The highest BCUT2D eigenvalue weighted by molar-refractivity contribution is 6.37. The van der Waals surface area contributed by atoms with E-state index in [1.165, 1.54) is 0 Å². The molecule has 1 aromatic rings. The number of halogens is 3. The van der Waals surface area contributed by atoms with Crippen molar-refractivity contribution >= 4 is 35.6 Å². The topological polar surface area (TPSA) is 72.3 Å². The summed E-state index contributed by atoms with van der Waals surface area (Å²) in [6.07, 6.45) is 1.62. The van der Waals surface area contributed by atoms with Crippen molar-refractivity contribution in [3.8, 4) is 5.75 Å². The van der Waals surface area contributed by atoms with Crippen molar-refractivity contribution in [1.82, 2.24) is 0 Å². The number of rotatable bonds is 4. The van der Waals surface area contributed by atoms with Crippen molar-refractivity contribution in [1.29, 1.82) is 0 Å². The first-order valence-corrected chi connectivity index (χ1v) is 5.45. The molecular weight excluding hydrogens is 270 g/mol. The molecule has 0 aliphatic carbocycles. The van der Waals surface area contributed by atoms with Crippen LogP contribution < -0.4 is 11.5 Å². The van der Waals surface area contributed by atoms with Crippen LogP contribution in [0.5, 0.6) is 5.75 Å². The van der Waals surface area contributed by atoms with Crippen LogP contribution in [-0.4, -0.2) is 11.7 Å². The SMILES string of the molecule is Cl.NCCC[C@@H](N)c1cc(Cl)c(O)c(Cl)c1. The quantitative estimate of drug-likeness (QED) is 0.796. The second-order valence-electron chi connectivity index (χ2n) is 3.37. The zero-order valence-corrected chi connectivity index (χ0v) is 10.9. The lowest BCUT2D eigenvalue weighted by Gasteiger charge is -2.13. The van der Waals surface area contributed by atoms with Gasteiger partial charge in [-0.1, -0.05) is 23.2 Å². The first-order valence-electron chi connectivity index (χ1n) is 4.69. The van der Waals surface area contributed by atoms with Gasteiger partial charge in [-0.15, -0.1) is 12.4 Å². The zero-order valence-electron chi connectivity index (χ0n) is 8.62. The summed E-state index contributed by atoms with van der Waals surface area (Å²) in [5.74, 6) is -0.104. The summed E-state index contributed by atoms with van der Waals surface area (Å²) in [4.78, 5) is 0. The van der Waals surface area contributed by atoms with Crippen molar-refractivity contribution in [2.45, 2.75) is 18.9 Å². The maximum atomic E-state index is 9.36. The summed E-state index contributed by atoms with van der Waals surface area (Å²) >= 11 is 11.6. The van der Waals surface area contributed by atoms with E-state index in [-0.39, 0.29) is 34.2 Å². The summed E-state index contributed by atoms with van der Waals surface area (Å²) < 4.78 is 0. The van der Waals surface area contributed by atoms with Crippen LogP contribution in [0.15, 0.2) is 12.1 Å². The van der Waals surface area contributed by atoms with E-state index in [1.807, 2.05) is 0 Å². The molecule has 0 saturated heterocycles. The molecule has 1 rings (SSSR count). The molecule has 0 heterocycles. The van der Waals surface area contributed by atoms with Gasteiger partial charge in [-0.2, -0.15) is 0 Å². The Labute approximate surface area is 111 Å². The van der Waals surface area contributed by atoms with E-state index >= 15 is 0 Å². The Bertz CT molecular complexity index is 324. The molecule has 0 radical (unpaired) electrons. The molecule has 0 bridgehead atoms. The highest BCUT2D eigenvalue weighted by Gasteiger charge is 2.11. The third-order valence-electron chi connectivity index (χ3n) is 2.19. The Morgan fingerprint density at radius 2 is 1.75 bits per heavy atom. The Kier molecular flexibility index (Phi) is 7.11. The second kappa shape index (κ2) is 7.20. The van der Waals surface area contributed by atoms with Gasteiger partial charge in [-0.25, -0.2) is 0 Å². The van der Waals surface area contributed by atoms with E-state index in [4.69, 9.17) is 34.7 Å². The minimum Gasteiger partial charge on any atom is -0.505 e. The fourth-order valence-electron chi connectivity index (χ4n) is 1.30. The van der Waals surface area contributed by atoms with Gasteiger partial charge in [0.2, 0.25) is 0 Å². The maximum Gasteiger partial charge on any atom is 0.152 e. The van der Waals surface area contributed by atoms with E-state index in [1.54, 1.807) is 12.1 Å². The minimum absolute atomic E-state index is 0. The van der Waals surface area contributed by atoms with Crippen LogP contribution in [0.3, 0.4) is 0 Å². The van der Waals surface area contributed by atoms with Crippen molar-refractivity contribution in [3.63, 3.8) is 0 Å². The molecule has 0 fully saturated rings. The molecule has 6 heteroatoms. The monoisotopic (exact) mass is 284 g/mol. The van der Waals surface area contributed by atoms with Crippen molar-refractivity contribution in [2.75, 3.05) is 6.54 Å². The largest absolute Gasteiger partial charge is 0.505 e. The van der Waals surface area contributed by atoms with E-state index in [0.717, 1.165) is 18.4 Å². The molecule has 0 aliphatic rings. The van der Waals surface area contributed by atoms with Gasteiger partial charge in [-0.05, 0) is 37.1 Å². The van der Waals surface area contributed by atoms with E-state index in [0.29, 0.717) is 6.54 Å². The number of hydrogen-bond acceptors (Lipinski definition) is 3. The fraction of sp³-hybridized carbons (Fsp3) is 0.400. The van der Waals surface area contributed by atoms with Gasteiger partial charge >= 0.3 is 0 Å². The molecule has 1 atom stereocenters. The van der Waals surface area contributed by atoms with Gasteiger partial charge in [0.05, 0.1) is 10.0 Å². The molecule has 5 N–H and O–H groups in total. The third kappa shape index (κ3) is 4.00. The van der Waals surface area contributed by atoms with Crippen molar-refractivity contribution in [3.05, 3.63) is 27.7 Å². The molecule has 1 aromatic carbocycles. The molecule has 3 nitrogen and oxygen atoms in total. The summed E-state index contributed by atoms with van der Waals surface area (Å²) in [5.41, 5.74) is 12.1. The molecule has 0 aromatic heterocycles. The second-order valence-corrected chi connectivity index (χ2v) is 4.18. The minimum atomic E-state index is -0.149. The van der Waals surface area contributed by atoms with Crippen LogP contribution >= 0.6 is 35.6 Å². The number of benzene rings is 1. The Hall–Kier alpha value is -0.190. The lowest BCUT2D eigenvalue weighted by atomic mass is 10.0. The Morgan fingerprint density at radius 1 is 1.25 bits per heavy atom. The fourth-order valence-corrected chi connectivity index (χ4v) is 1.81. The molecule has 0 amide bonds. The number of nitrogens with two attached hydrogens (primary N) is 2. The van der Waals surface area contributed by atoms with Crippen LogP contribution in [0.25, 0.3) is 0 Å². The molecule has 0 unspecified atom stereocenters. The van der Waals surface area contributed by atoms with Gasteiger partial charge in [0.25, 0.3) is 0 Å². The smallest absolute Gasteiger partial charge is 0.152 e. The Balaban J connectivity index is 0.00000225. The molecule has 16 heavy (non-hydrogen) atoms. The predicted octanol–water partition coefficient (Wildman–Crippen LogP) is 2.86. The highest BCUT2D eigenvalue weighted by Crippen LogP contribution is 2.34. The number of phenols is 1. The van der Waals surface area contributed by atoms with Crippen LogP contribution in [-0.2, 0) is 0 Å². The first-order chi connectivity index (χ1) is 7.06. The highest BCUT2D eigenvalue weighted by atomic mass is 35.5. The third-order valence-corrected chi connectivity index (χ3v) is 2.76. The Morgan fingerprint density at radius 3 is 2.19 bits per heavy atom. The van der Waals surface area contributed by atoms with Crippen molar-refractivity contribution < 1.29 is 5.11 Å². The van der Waals surface area contributed by atoms with Crippen molar-refractivity contribution in [2.24, 2.45) is 11.5 Å². The average molecular weight is 286 g/mol. The van der Waals surface area contributed by atoms with Gasteiger partial charge in [0.15, 0.2) is 5.75 Å². The molecule has 0 saturated carbocycles. The molecule has 0 aliphatic heterocycles. The summed E-state index contributed by atoms with van der Waals surface area (Å²) in [5, 5.41) is 9.81. The van der Waals surface area contributed by atoms with Gasteiger partial charge < -0.3 is 16.6 Å². The zero-order chi connectivity index (χ0) is 11.4. The lowest BCUT2D eigenvalue weighted by molar-refractivity contribution is 0.475. The van der Waals surface area contributed by atoms with Crippen LogP contribution in [0, 0.1) is 0 Å². The summed E-state index contributed by atoms with van der Waals surface area (Å²) in [6, 6.07) is 3.11. The number of hydrogen-bond donors (Lipinski definition) is 3. The van der Waals surface area contributed by atoms with Crippen LogP contribution in [0.4, 0.5) is 0 Å². The molecule has 92 valence electrons. The predicted molar refractivity (Wildman–Crippen MR) is 70.6 cm³/mol. The first kappa shape index (κ1) is 15.8. The van der Waals surface area contributed by atoms with E-state index in [2.05, 4.69) is 0 Å². The summed E-state index contributed by atoms with van der Waals surface area (Å²) in [7, 11) is 0. The standard InChI is InChI=1S/C10H14Cl2N2O.ClH/c11-7-4-6(5-8(12)10(7)15)9(14)2-1-3-13;/h4-5,9,15H,1-3,13-14H2;1H/t9-;/m1./s1. The van der Waals surface area contributed by atoms with Gasteiger partial charge in [0, 0.05) is 6.04 Å². The number of phenolic OH excluding ortho intramolecular Hbond substituents is 1. The normalized spacial score (nSPS) is 12.0. The van der Waals surface area contributed by atoms with Crippen LogP contribution in [0.1, 0.15) is 24.4 Å². The number of aromatic hydroxyl groups is 1. The van der Waals surface area contributed by atoms with Gasteiger partial charge in [-0.3, -0.25) is 0 Å².